The number of aliphatic hydroxyl groups is 1. The number of halogens is 2. The Bertz CT molecular complexity index is 713. The second-order valence-corrected chi connectivity index (χ2v) is 8.47. The fraction of sp³-hybridized carbons (Fsp3) is 0.667. The van der Waals surface area contributed by atoms with E-state index in [2.05, 4.69) is 9.64 Å². The molecule has 1 amide bonds. The molecule has 3 fully saturated rings. The van der Waals surface area contributed by atoms with Crippen molar-refractivity contribution >= 4 is 5.91 Å². The van der Waals surface area contributed by atoms with E-state index in [0.717, 1.165) is 31.4 Å². The van der Waals surface area contributed by atoms with E-state index >= 15 is 0 Å². The van der Waals surface area contributed by atoms with Crippen LogP contribution >= 0.6 is 0 Å². The van der Waals surface area contributed by atoms with Gasteiger partial charge in [-0.05, 0) is 43.4 Å². The van der Waals surface area contributed by atoms with E-state index in [9.17, 15) is 18.7 Å². The van der Waals surface area contributed by atoms with Crippen LogP contribution in [0.5, 0.6) is 5.75 Å². The summed E-state index contributed by atoms with van der Waals surface area (Å²) in [5.74, 6) is 0.626. The number of carbonyl (C=O) groups excluding carboxylic acids is 1. The van der Waals surface area contributed by atoms with E-state index in [1.807, 2.05) is 11.0 Å². The highest BCUT2D eigenvalue weighted by atomic mass is 19.3. The van der Waals surface area contributed by atoms with Crippen LogP contribution in [-0.4, -0.2) is 59.2 Å². The highest BCUT2D eigenvalue weighted by molar-refractivity contribution is 5.79. The maximum atomic E-state index is 12.6. The van der Waals surface area contributed by atoms with Gasteiger partial charge >= 0.3 is 6.61 Å². The molecule has 1 N–H and O–H groups in total. The van der Waals surface area contributed by atoms with Gasteiger partial charge < -0.3 is 14.7 Å². The summed E-state index contributed by atoms with van der Waals surface area (Å²) in [5, 5.41) is 11.1. The van der Waals surface area contributed by atoms with Crippen LogP contribution in [0.25, 0.3) is 0 Å². The van der Waals surface area contributed by atoms with E-state index in [1.54, 1.807) is 12.1 Å². The normalized spacial score (nSPS) is 28.7. The topological polar surface area (TPSA) is 53.0 Å². The number of amides is 1. The number of likely N-dealkylation sites (tertiary alicyclic amines) is 2. The van der Waals surface area contributed by atoms with Crippen LogP contribution in [0.3, 0.4) is 0 Å². The van der Waals surface area contributed by atoms with Gasteiger partial charge in [0.15, 0.2) is 0 Å². The molecule has 2 atom stereocenters. The molecule has 1 aliphatic carbocycles. The second-order valence-electron chi connectivity index (χ2n) is 8.47. The lowest BCUT2D eigenvalue weighted by Gasteiger charge is -2.51. The number of ether oxygens (including phenoxy) is 1. The van der Waals surface area contributed by atoms with E-state index in [1.165, 1.54) is 6.07 Å². The predicted octanol–water partition coefficient (Wildman–Crippen LogP) is 2.87. The van der Waals surface area contributed by atoms with Crippen LogP contribution in [0.2, 0.25) is 0 Å². The molecule has 1 saturated carbocycles. The Morgan fingerprint density at radius 3 is 2.75 bits per heavy atom. The van der Waals surface area contributed by atoms with Crippen molar-refractivity contribution in [2.45, 2.75) is 50.9 Å². The first-order valence-electron chi connectivity index (χ1n) is 10.2. The van der Waals surface area contributed by atoms with Gasteiger partial charge in [-0.3, -0.25) is 9.69 Å². The Hall–Kier alpha value is -1.73. The molecule has 0 spiro atoms. The van der Waals surface area contributed by atoms with Gasteiger partial charge in [-0.1, -0.05) is 18.6 Å². The first kappa shape index (κ1) is 19.6. The van der Waals surface area contributed by atoms with Crippen molar-refractivity contribution in [3.05, 3.63) is 29.8 Å². The zero-order chi connectivity index (χ0) is 19.7. The Kier molecular flexibility index (Phi) is 5.56. The van der Waals surface area contributed by atoms with Gasteiger partial charge in [0.1, 0.15) is 5.75 Å². The van der Waals surface area contributed by atoms with Crippen LogP contribution in [0, 0.1) is 11.8 Å². The lowest BCUT2D eigenvalue weighted by Crippen LogP contribution is -2.61. The number of carbonyl (C=O) groups is 1. The molecule has 0 unspecified atom stereocenters. The van der Waals surface area contributed by atoms with E-state index < -0.39 is 12.2 Å². The van der Waals surface area contributed by atoms with Crippen molar-refractivity contribution in [1.82, 2.24) is 9.80 Å². The number of nitrogens with zero attached hydrogens (tertiary/aromatic N) is 2. The third-order valence-corrected chi connectivity index (χ3v) is 6.65. The number of piperidine rings is 2. The van der Waals surface area contributed by atoms with Gasteiger partial charge in [-0.15, -0.1) is 0 Å². The lowest BCUT2D eigenvalue weighted by molar-refractivity contribution is -0.153. The summed E-state index contributed by atoms with van der Waals surface area (Å²) in [5.41, 5.74) is 0.204. The molecule has 3 aliphatic rings. The van der Waals surface area contributed by atoms with Crippen LogP contribution in [0.15, 0.2) is 24.3 Å². The first-order chi connectivity index (χ1) is 13.4. The molecule has 5 nitrogen and oxygen atoms in total. The molecule has 0 bridgehead atoms. The van der Waals surface area contributed by atoms with Crippen LogP contribution in [0.1, 0.15) is 37.7 Å². The number of fused-ring (bicyclic) bond motifs is 1. The van der Waals surface area contributed by atoms with Crippen molar-refractivity contribution < 1.29 is 23.4 Å². The molecule has 1 aromatic rings. The fourth-order valence-corrected chi connectivity index (χ4v) is 4.71. The molecule has 1 aromatic carbocycles. The molecule has 0 aromatic heterocycles. The van der Waals surface area contributed by atoms with Gasteiger partial charge in [0.2, 0.25) is 5.91 Å². The molecule has 4 rings (SSSR count). The highest BCUT2D eigenvalue weighted by Crippen LogP contribution is 2.38. The summed E-state index contributed by atoms with van der Waals surface area (Å²) in [7, 11) is 0. The molecule has 154 valence electrons. The van der Waals surface area contributed by atoms with Crippen molar-refractivity contribution in [1.29, 1.82) is 0 Å². The van der Waals surface area contributed by atoms with Crippen molar-refractivity contribution in [2.24, 2.45) is 11.8 Å². The van der Waals surface area contributed by atoms with Gasteiger partial charge in [0.25, 0.3) is 0 Å². The number of hydrogen-bond acceptors (Lipinski definition) is 4. The summed E-state index contributed by atoms with van der Waals surface area (Å²) >= 11 is 0. The van der Waals surface area contributed by atoms with Crippen LogP contribution < -0.4 is 4.74 Å². The smallest absolute Gasteiger partial charge is 0.387 e. The van der Waals surface area contributed by atoms with Gasteiger partial charge in [-0.2, -0.15) is 8.78 Å². The molecular weight excluding hydrogens is 366 g/mol. The summed E-state index contributed by atoms with van der Waals surface area (Å²) in [6.45, 7) is 0.492. The third-order valence-electron chi connectivity index (χ3n) is 6.65. The third kappa shape index (κ3) is 4.15. The zero-order valence-corrected chi connectivity index (χ0v) is 16.0. The van der Waals surface area contributed by atoms with Crippen LogP contribution in [0.4, 0.5) is 8.78 Å². The van der Waals surface area contributed by atoms with Crippen molar-refractivity contribution in [2.75, 3.05) is 26.2 Å². The molecule has 28 heavy (non-hydrogen) atoms. The largest absolute Gasteiger partial charge is 0.435 e. The summed E-state index contributed by atoms with van der Waals surface area (Å²) in [6.07, 6.45) is 4.44. The highest BCUT2D eigenvalue weighted by Gasteiger charge is 2.46. The van der Waals surface area contributed by atoms with Crippen LogP contribution in [-0.2, 0) is 11.3 Å². The minimum Gasteiger partial charge on any atom is -0.435 e. The molecule has 7 heteroatoms. The molecular formula is C21H28F2N2O3. The Morgan fingerprint density at radius 1 is 1.25 bits per heavy atom. The van der Waals surface area contributed by atoms with E-state index in [4.69, 9.17) is 0 Å². The number of rotatable bonds is 5. The number of hydrogen-bond donors (Lipinski definition) is 1. The SMILES string of the molecule is O=C(C1CCC1)N1CC[C@]2(O)CCN(Cc3cccc(OC(F)F)c3)C[C@@H]2C1. The predicted molar refractivity (Wildman–Crippen MR) is 99.9 cm³/mol. The Balaban J connectivity index is 1.38. The fourth-order valence-electron chi connectivity index (χ4n) is 4.71. The van der Waals surface area contributed by atoms with E-state index in [0.29, 0.717) is 39.0 Å². The summed E-state index contributed by atoms with van der Waals surface area (Å²) in [4.78, 5) is 16.8. The first-order valence-corrected chi connectivity index (χ1v) is 10.2. The zero-order valence-electron chi connectivity index (χ0n) is 16.0. The Morgan fingerprint density at radius 2 is 2.04 bits per heavy atom. The minimum atomic E-state index is -2.83. The monoisotopic (exact) mass is 394 g/mol. The van der Waals surface area contributed by atoms with Crippen molar-refractivity contribution in [3.8, 4) is 5.75 Å². The van der Waals surface area contributed by atoms with Gasteiger partial charge in [-0.25, -0.2) is 0 Å². The average Bonchev–Trinajstić information content (AvgIpc) is 2.60. The molecule has 0 radical (unpaired) electrons. The Labute approximate surface area is 164 Å². The summed E-state index contributed by atoms with van der Waals surface area (Å²) < 4.78 is 29.4. The quantitative estimate of drug-likeness (QED) is 0.835. The van der Waals surface area contributed by atoms with Crippen molar-refractivity contribution in [3.63, 3.8) is 0 Å². The van der Waals surface area contributed by atoms with Gasteiger partial charge in [0, 0.05) is 44.6 Å². The maximum Gasteiger partial charge on any atom is 0.387 e. The second kappa shape index (κ2) is 7.95. The maximum absolute atomic E-state index is 12.6. The number of benzene rings is 1. The number of alkyl halides is 2. The molecule has 2 aliphatic heterocycles. The summed E-state index contributed by atoms with van der Waals surface area (Å²) in [6, 6.07) is 6.77. The standard InChI is InChI=1S/C21H28F2N2O3/c22-20(23)28-18-6-1-3-15(11-18)12-24-9-7-21(27)8-10-25(14-17(21)13-24)19(26)16-4-2-5-16/h1,3,6,11,16-17,20,27H,2,4-5,7-10,12-14H2/t17-,21-/m1/s1. The minimum absolute atomic E-state index is 0.0273. The molecule has 2 heterocycles. The average molecular weight is 394 g/mol. The lowest BCUT2D eigenvalue weighted by atomic mass is 9.74. The van der Waals surface area contributed by atoms with E-state index in [-0.39, 0.29) is 23.5 Å². The molecule has 2 saturated heterocycles. The van der Waals surface area contributed by atoms with Gasteiger partial charge in [0.05, 0.1) is 5.60 Å².